The number of nitrogens with two attached hydrogens (primary N) is 1. The van der Waals surface area contributed by atoms with Crippen molar-refractivity contribution >= 4 is 15.9 Å². The van der Waals surface area contributed by atoms with Gasteiger partial charge in [0.2, 0.25) is 0 Å². The Morgan fingerprint density at radius 2 is 1.81 bits per heavy atom. The highest BCUT2D eigenvalue weighted by molar-refractivity contribution is 9.10. The molecule has 0 radical (unpaired) electrons. The fourth-order valence-electron chi connectivity index (χ4n) is 1.84. The van der Waals surface area contributed by atoms with E-state index in [2.05, 4.69) is 15.9 Å². The monoisotopic (exact) mass is 359 g/mol. The molecular weight excluding hydrogens is 347 g/mol. The summed E-state index contributed by atoms with van der Waals surface area (Å²) in [4.78, 5) is 0. The van der Waals surface area contributed by atoms with Crippen molar-refractivity contribution < 1.29 is 17.9 Å². The van der Waals surface area contributed by atoms with Gasteiger partial charge in [0, 0.05) is 11.0 Å². The molecule has 0 saturated carbocycles. The second-order valence-electron chi connectivity index (χ2n) is 4.45. The molecule has 0 aliphatic rings. The van der Waals surface area contributed by atoms with Crippen molar-refractivity contribution in [2.45, 2.75) is 19.3 Å². The Morgan fingerprint density at radius 1 is 1.05 bits per heavy atom. The molecule has 2 N–H and O–H groups in total. The van der Waals surface area contributed by atoms with Gasteiger partial charge in [0.25, 0.3) is 0 Å². The molecule has 0 aromatic heterocycles. The first-order valence-electron chi connectivity index (χ1n) is 6.17. The standard InChI is InChI=1S/C15H13BrF3NO/c16-12-3-1-2-11(6-12)9-21-14-5-4-10(8-20)7-13(14)15(17,18)19/h1-7H,8-9,20H2. The van der Waals surface area contributed by atoms with Gasteiger partial charge in [0.05, 0.1) is 5.56 Å². The lowest BCUT2D eigenvalue weighted by Gasteiger charge is -2.15. The summed E-state index contributed by atoms with van der Waals surface area (Å²) in [5, 5.41) is 0. The second kappa shape index (κ2) is 6.49. The highest BCUT2D eigenvalue weighted by Crippen LogP contribution is 2.37. The second-order valence-corrected chi connectivity index (χ2v) is 5.37. The maximum Gasteiger partial charge on any atom is 0.419 e. The minimum atomic E-state index is -4.47. The lowest BCUT2D eigenvalue weighted by Crippen LogP contribution is -2.10. The van der Waals surface area contributed by atoms with Crippen LogP contribution >= 0.6 is 15.9 Å². The molecule has 2 rings (SSSR count). The Bertz CT molecular complexity index is 629. The third-order valence-corrected chi connectivity index (χ3v) is 3.36. The molecule has 0 saturated heterocycles. The highest BCUT2D eigenvalue weighted by Gasteiger charge is 2.34. The molecule has 0 amide bonds. The Balaban J connectivity index is 2.23. The predicted octanol–water partition coefficient (Wildman–Crippen LogP) is 4.51. The normalized spacial score (nSPS) is 11.5. The number of halogens is 4. The van der Waals surface area contributed by atoms with Gasteiger partial charge >= 0.3 is 6.18 Å². The van der Waals surface area contributed by atoms with Crippen LogP contribution in [0.1, 0.15) is 16.7 Å². The van der Waals surface area contributed by atoms with E-state index in [1.165, 1.54) is 12.1 Å². The van der Waals surface area contributed by atoms with Crippen LogP contribution in [-0.4, -0.2) is 0 Å². The zero-order chi connectivity index (χ0) is 15.5. The quantitative estimate of drug-likeness (QED) is 0.871. The van der Waals surface area contributed by atoms with E-state index in [1.807, 2.05) is 6.07 Å². The van der Waals surface area contributed by atoms with Gasteiger partial charge in [-0.25, -0.2) is 0 Å². The van der Waals surface area contributed by atoms with Crippen molar-refractivity contribution in [3.05, 3.63) is 63.6 Å². The van der Waals surface area contributed by atoms with Crippen molar-refractivity contribution in [1.82, 2.24) is 0 Å². The molecule has 21 heavy (non-hydrogen) atoms. The fraction of sp³-hybridized carbons (Fsp3) is 0.200. The maximum atomic E-state index is 13.0. The Labute approximate surface area is 128 Å². The van der Waals surface area contributed by atoms with E-state index in [-0.39, 0.29) is 18.9 Å². The number of benzene rings is 2. The van der Waals surface area contributed by atoms with Gasteiger partial charge in [-0.3, -0.25) is 0 Å². The molecule has 0 heterocycles. The lowest BCUT2D eigenvalue weighted by molar-refractivity contribution is -0.139. The van der Waals surface area contributed by atoms with E-state index in [0.29, 0.717) is 5.56 Å². The zero-order valence-electron chi connectivity index (χ0n) is 11.0. The number of hydrogen-bond acceptors (Lipinski definition) is 2. The van der Waals surface area contributed by atoms with Crippen molar-refractivity contribution in [2.24, 2.45) is 5.73 Å². The van der Waals surface area contributed by atoms with Crippen LogP contribution in [0.25, 0.3) is 0 Å². The molecule has 0 fully saturated rings. The summed E-state index contributed by atoms with van der Waals surface area (Å²) in [7, 11) is 0. The molecule has 6 heteroatoms. The smallest absolute Gasteiger partial charge is 0.419 e. The summed E-state index contributed by atoms with van der Waals surface area (Å²) in [5.74, 6) is -0.195. The van der Waals surface area contributed by atoms with E-state index in [0.717, 1.165) is 16.1 Å². The van der Waals surface area contributed by atoms with E-state index in [4.69, 9.17) is 10.5 Å². The molecule has 0 atom stereocenters. The van der Waals surface area contributed by atoms with Gasteiger partial charge < -0.3 is 10.5 Å². The van der Waals surface area contributed by atoms with Crippen LogP contribution in [-0.2, 0) is 19.3 Å². The average Bonchev–Trinajstić information content (AvgIpc) is 2.44. The largest absolute Gasteiger partial charge is 0.488 e. The van der Waals surface area contributed by atoms with E-state index in [9.17, 15) is 13.2 Å². The van der Waals surface area contributed by atoms with Gasteiger partial charge in [-0.05, 0) is 35.4 Å². The summed E-state index contributed by atoms with van der Waals surface area (Å²) in [6.07, 6.45) is -4.47. The van der Waals surface area contributed by atoms with Crippen LogP contribution < -0.4 is 10.5 Å². The molecule has 0 bridgehead atoms. The van der Waals surface area contributed by atoms with Crippen LogP contribution in [0.15, 0.2) is 46.9 Å². The number of hydrogen-bond donors (Lipinski definition) is 1. The Hall–Kier alpha value is -1.53. The molecule has 112 valence electrons. The first kappa shape index (κ1) is 15.9. The van der Waals surface area contributed by atoms with Gasteiger partial charge in [0.1, 0.15) is 12.4 Å². The molecule has 0 aliphatic carbocycles. The van der Waals surface area contributed by atoms with Gasteiger partial charge in [-0.2, -0.15) is 13.2 Å². The molecule has 0 spiro atoms. The summed E-state index contributed by atoms with van der Waals surface area (Å²) in [5.41, 5.74) is 5.77. The van der Waals surface area contributed by atoms with Crippen LogP contribution in [0.5, 0.6) is 5.75 Å². The molecule has 2 nitrogen and oxygen atoms in total. The van der Waals surface area contributed by atoms with Gasteiger partial charge in [0.15, 0.2) is 0 Å². The summed E-state index contributed by atoms with van der Waals surface area (Å²) < 4.78 is 45.2. The number of ether oxygens (including phenoxy) is 1. The topological polar surface area (TPSA) is 35.2 Å². The molecule has 2 aromatic rings. The molecule has 0 aliphatic heterocycles. The average molecular weight is 360 g/mol. The van der Waals surface area contributed by atoms with Crippen molar-refractivity contribution in [3.63, 3.8) is 0 Å². The zero-order valence-corrected chi connectivity index (χ0v) is 12.5. The van der Waals surface area contributed by atoms with Crippen LogP contribution in [0, 0.1) is 0 Å². The maximum absolute atomic E-state index is 13.0. The first-order chi connectivity index (χ1) is 9.90. The number of rotatable bonds is 4. The van der Waals surface area contributed by atoms with Gasteiger partial charge in [-0.15, -0.1) is 0 Å². The molecule has 0 unspecified atom stereocenters. The minimum absolute atomic E-state index is 0.0506. The predicted molar refractivity (Wildman–Crippen MR) is 77.8 cm³/mol. The van der Waals surface area contributed by atoms with Crippen molar-refractivity contribution in [3.8, 4) is 5.75 Å². The Morgan fingerprint density at radius 3 is 2.43 bits per heavy atom. The van der Waals surface area contributed by atoms with E-state index < -0.39 is 11.7 Å². The third kappa shape index (κ3) is 4.22. The summed E-state index contributed by atoms with van der Waals surface area (Å²) in [6.45, 7) is 0.111. The molecule has 2 aromatic carbocycles. The first-order valence-corrected chi connectivity index (χ1v) is 6.97. The number of alkyl halides is 3. The lowest BCUT2D eigenvalue weighted by atomic mass is 10.1. The summed E-state index contributed by atoms with van der Waals surface area (Å²) >= 11 is 3.30. The minimum Gasteiger partial charge on any atom is -0.488 e. The SMILES string of the molecule is NCc1ccc(OCc2cccc(Br)c2)c(C(F)(F)F)c1. The fourth-order valence-corrected chi connectivity index (χ4v) is 2.29. The van der Waals surface area contributed by atoms with Crippen LogP contribution in [0.3, 0.4) is 0 Å². The van der Waals surface area contributed by atoms with Crippen molar-refractivity contribution in [2.75, 3.05) is 0 Å². The van der Waals surface area contributed by atoms with Crippen molar-refractivity contribution in [1.29, 1.82) is 0 Å². The Kier molecular flexibility index (Phi) is 4.90. The summed E-state index contributed by atoms with van der Waals surface area (Å²) in [6, 6.07) is 11.1. The molecular formula is C15H13BrF3NO. The van der Waals surface area contributed by atoms with Crippen LogP contribution in [0.2, 0.25) is 0 Å². The highest BCUT2D eigenvalue weighted by atomic mass is 79.9. The van der Waals surface area contributed by atoms with Gasteiger partial charge in [-0.1, -0.05) is 34.1 Å². The van der Waals surface area contributed by atoms with E-state index in [1.54, 1.807) is 18.2 Å². The van der Waals surface area contributed by atoms with Crippen LogP contribution in [0.4, 0.5) is 13.2 Å². The third-order valence-electron chi connectivity index (χ3n) is 2.87. The van der Waals surface area contributed by atoms with E-state index >= 15 is 0 Å².